The lowest BCUT2D eigenvalue weighted by Gasteiger charge is -2.33. The quantitative estimate of drug-likeness (QED) is 0.155. The molecule has 0 radical (unpaired) electrons. The predicted molar refractivity (Wildman–Crippen MR) is 135 cm³/mol. The summed E-state index contributed by atoms with van der Waals surface area (Å²) in [5, 5.41) is 9.05. The van der Waals surface area contributed by atoms with Gasteiger partial charge in [0.05, 0.1) is 25.4 Å². The lowest BCUT2D eigenvalue weighted by molar-refractivity contribution is -0.333. The summed E-state index contributed by atoms with van der Waals surface area (Å²) in [6, 6.07) is 5.95. The van der Waals surface area contributed by atoms with Gasteiger partial charge >= 0.3 is 5.97 Å². The van der Waals surface area contributed by atoms with E-state index in [1.54, 1.807) is 0 Å². The highest BCUT2D eigenvalue weighted by molar-refractivity contribution is 5.68. The molecule has 0 heterocycles. The number of carboxylic acids is 1. The minimum Gasteiger partial charge on any atom is -0.482 e. The van der Waals surface area contributed by atoms with Crippen molar-refractivity contribution in [3.8, 4) is 5.75 Å². The summed E-state index contributed by atoms with van der Waals surface area (Å²) in [5.41, 5.74) is 13.5. The molecule has 9 nitrogen and oxygen atoms in total. The Kier molecular flexibility index (Phi) is 12.4. The summed E-state index contributed by atoms with van der Waals surface area (Å²) in [6.07, 6.45) is 8.88. The van der Waals surface area contributed by atoms with Gasteiger partial charge in [-0.2, -0.15) is 0 Å². The molecule has 2 aliphatic carbocycles. The maximum absolute atomic E-state index is 11.0. The third-order valence-electron chi connectivity index (χ3n) is 7.42. The summed E-state index contributed by atoms with van der Waals surface area (Å²) in [7, 11) is 0. The van der Waals surface area contributed by atoms with Crippen LogP contribution in [0.5, 0.6) is 5.75 Å². The number of aliphatic carboxylic acids is 1. The van der Waals surface area contributed by atoms with E-state index in [2.05, 4.69) is 13.0 Å². The molecule has 204 valence electrons. The smallest absolute Gasteiger partial charge is 0.341 e. The Hall–Kier alpha value is -1.75. The molecule has 1 aromatic carbocycles. The number of hydrogen-bond donors (Lipinski definition) is 3. The molecule has 1 aromatic rings. The topological polar surface area (TPSA) is 135 Å². The Morgan fingerprint density at radius 2 is 1.92 bits per heavy atom. The van der Waals surface area contributed by atoms with Crippen molar-refractivity contribution in [3.63, 3.8) is 0 Å². The van der Waals surface area contributed by atoms with Crippen LogP contribution in [0.4, 0.5) is 0 Å². The fourth-order valence-corrected chi connectivity index (χ4v) is 5.78. The first kappa shape index (κ1) is 28.8. The maximum atomic E-state index is 11.0. The first-order chi connectivity index (χ1) is 17.6. The number of nitrogens with two attached hydrogens (primary N) is 2. The van der Waals surface area contributed by atoms with E-state index in [-0.39, 0.29) is 18.8 Å². The summed E-state index contributed by atoms with van der Waals surface area (Å²) in [5.74, 6) is 0.877. The fourth-order valence-electron chi connectivity index (χ4n) is 5.78. The maximum Gasteiger partial charge on any atom is 0.341 e. The van der Waals surface area contributed by atoms with E-state index in [9.17, 15) is 4.79 Å². The molecular formula is C27H44N2O7. The minimum absolute atomic E-state index is 0.0227. The highest BCUT2D eigenvalue weighted by Crippen LogP contribution is 2.49. The van der Waals surface area contributed by atoms with Gasteiger partial charge in [0.15, 0.2) is 6.61 Å². The molecule has 2 aliphatic rings. The molecule has 1 fully saturated rings. The van der Waals surface area contributed by atoms with E-state index in [1.165, 1.54) is 12.0 Å². The molecule has 5 atom stereocenters. The van der Waals surface area contributed by atoms with Crippen molar-refractivity contribution in [2.75, 3.05) is 32.9 Å². The summed E-state index contributed by atoms with van der Waals surface area (Å²) < 4.78 is 5.61. The average molecular weight is 509 g/mol. The number of fused-ring (bicyclic) bond motifs is 2. The van der Waals surface area contributed by atoms with Gasteiger partial charge in [-0.25, -0.2) is 24.3 Å². The van der Waals surface area contributed by atoms with E-state index in [1.807, 2.05) is 12.1 Å². The summed E-state index contributed by atoms with van der Waals surface area (Å²) in [6.45, 7) is 3.45. The Morgan fingerprint density at radius 3 is 2.67 bits per heavy atom. The van der Waals surface area contributed by atoms with E-state index >= 15 is 0 Å². The largest absolute Gasteiger partial charge is 0.482 e. The lowest BCUT2D eigenvalue weighted by atomic mass is 9.73. The van der Waals surface area contributed by atoms with E-state index in [4.69, 9.17) is 40.9 Å². The Bertz CT molecular complexity index is 783. The predicted octanol–water partition coefficient (Wildman–Crippen LogP) is 3.41. The summed E-state index contributed by atoms with van der Waals surface area (Å²) >= 11 is 0. The fraction of sp³-hybridized carbons (Fsp3) is 0.741. The van der Waals surface area contributed by atoms with E-state index in [0.717, 1.165) is 56.9 Å². The molecular weight excluding hydrogens is 464 g/mol. The van der Waals surface area contributed by atoms with E-state index in [0.29, 0.717) is 49.8 Å². The molecule has 3 rings (SSSR count). The van der Waals surface area contributed by atoms with Gasteiger partial charge in [0.2, 0.25) is 0 Å². The number of carbonyl (C=O) groups is 1. The third-order valence-corrected chi connectivity index (χ3v) is 7.42. The normalized spacial score (nSPS) is 23.8. The first-order valence-corrected chi connectivity index (χ1v) is 13.5. The van der Waals surface area contributed by atoms with Crippen molar-refractivity contribution in [2.24, 2.45) is 29.2 Å². The van der Waals surface area contributed by atoms with Crippen LogP contribution in [-0.2, 0) is 37.2 Å². The van der Waals surface area contributed by atoms with Crippen LogP contribution in [-0.4, -0.2) is 56.2 Å². The van der Waals surface area contributed by atoms with Crippen LogP contribution in [0.2, 0.25) is 0 Å². The molecule has 0 amide bonds. The molecule has 0 saturated heterocycles. The molecule has 9 heteroatoms. The van der Waals surface area contributed by atoms with Crippen LogP contribution in [0.15, 0.2) is 18.2 Å². The van der Waals surface area contributed by atoms with Crippen molar-refractivity contribution >= 4 is 5.97 Å². The van der Waals surface area contributed by atoms with Crippen LogP contribution in [0.1, 0.15) is 63.0 Å². The SMILES string of the molecule is CCCCCC(CCC1C(OOCCN)CC2Cc3c(cccc3OCC(=O)O)CC21)OOCCN. The average Bonchev–Trinajstić information content (AvgIpc) is 3.20. The van der Waals surface area contributed by atoms with Crippen LogP contribution in [0.25, 0.3) is 0 Å². The molecule has 5 N–H and O–H groups in total. The number of rotatable bonds is 18. The number of benzene rings is 1. The van der Waals surface area contributed by atoms with Gasteiger partial charge in [-0.1, -0.05) is 38.3 Å². The molecule has 0 bridgehead atoms. The lowest BCUT2D eigenvalue weighted by Crippen LogP contribution is -2.29. The second-order valence-corrected chi connectivity index (χ2v) is 9.96. The molecule has 5 unspecified atom stereocenters. The van der Waals surface area contributed by atoms with Crippen molar-refractivity contribution in [1.82, 2.24) is 0 Å². The van der Waals surface area contributed by atoms with Crippen LogP contribution in [0.3, 0.4) is 0 Å². The molecule has 0 aliphatic heterocycles. The first-order valence-electron chi connectivity index (χ1n) is 13.5. The number of unbranched alkanes of at least 4 members (excludes halogenated alkanes) is 2. The number of carboxylic acid groups (broad SMARTS) is 1. The monoisotopic (exact) mass is 508 g/mol. The zero-order valence-electron chi connectivity index (χ0n) is 21.6. The van der Waals surface area contributed by atoms with Gasteiger partial charge in [0, 0.05) is 13.1 Å². The minimum atomic E-state index is -0.973. The van der Waals surface area contributed by atoms with Crippen molar-refractivity contribution in [1.29, 1.82) is 0 Å². The van der Waals surface area contributed by atoms with Gasteiger partial charge in [0.25, 0.3) is 0 Å². The molecule has 0 spiro atoms. The van der Waals surface area contributed by atoms with Gasteiger partial charge in [0.1, 0.15) is 5.75 Å². The van der Waals surface area contributed by atoms with Crippen molar-refractivity contribution in [2.45, 2.75) is 76.9 Å². The van der Waals surface area contributed by atoms with Crippen LogP contribution in [0, 0.1) is 17.8 Å². The zero-order chi connectivity index (χ0) is 25.8. The Morgan fingerprint density at radius 1 is 1.11 bits per heavy atom. The highest BCUT2D eigenvalue weighted by atomic mass is 17.2. The summed E-state index contributed by atoms with van der Waals surface area (Å²) in [4.78, 5) is 33.5. The van der Waals surface area contributed by atoms with Crippen molar-refractivity contribution < 1.29 is 34.2 Å². The van der Waals surface area contributed by atoms with Gasteiger partial charge in [-0.3, -0.25) is 0 Å². The second kappa shape index (κ2) is 15.5. The van der Waals surface area contributed by atoms with Crippen LogP contribution < -0.4 is 16.2 Å². The third kappa shape index (κ3) is 8.39. The van der Waals surface area contributed by atoms with E-state index < -0.39 is 5.97 Å². The highest BCUT2D eigenvalue weighted by Gasteiger charge is 2.47. The standard InChI is InChI=1S/C27H44N2O7/c1-2-3-4-7-21(35-33-13-11-28)9-10-22-23-15-19-6-5-8-25(32-18-27(30)31)24(19)16-20(23)17-26(22)36-34-14-12-29/h5-6,8,20-23,26H,2-4,7,9-18,28-29H2,1H3,(H,30,31). The molecule has 1 saturated carbocycles. The molecule has 36 heavy (non-hydrogen) atoms. The Balaban J connectivity index is 1.70. The second-order valence-electron chi connectivity index (χ2n) is 9.96. The van der Waals surface area contributed by atoms with Gasteiger partial charge < -0.3 is 21.3 Å². The van der Waals surface area contributed by atoms with Crippen molar-refractivity contribution in [3.05, 3.63) is 29.3 Å². The molecule has 0 aromatic heterocycles. The van der Waals surface area contributed by atoms with Gasteiger partial charge in [-0.15, -0.1) is 0 Å². The Labute approximate surface area is 214 Å². The number of ether oxygens (including phenoxy) is 1. The van der Waals surface area contributed by atoms with Crippen LogP contribution >= 0.6 is 0 Å². The number of hydrogen-bond acceptors (Lipinski definition) is 8. The zero-order valence-corrected chi connectivity index (χ0v) is 21.6. The van der Waals surface area contributed by atoms with Gasteiger partial charge in [-0.05, 0) is 73.5 Å².